The number of rotatable bonds is 4. The molecule has 24 heavy (non-hydrogen) atoms. The van der Waals surface area contributed by atoms with E-state index >= 15 is 0 Å². The number of amides is 1. The molecule has 3 rings (SSSR count). The first-order chi connectivity index (χ1) is 11.5. The van der Waals surface area contributed by atoms with Crippen LogP contribution in [0.15, 0.2) is 36.5 Å². The minimum Gasteiger partial charge on any atom is -0.495 e. The summed E-state index contributed by atoms with van der Waals surface area (Å²) in [5.74, 6) is 0.407. The minimum atomic E-state index is -0.210. The summed E-state index contributed by atoms with van der Waals surface area (Å²) in [6.07, 6.45) is 1.69. The average Bonchev–Trinajstić information content (AvgIpc) is 2.98. The Balaban J connectivity index is 2.04. The molecule has 0 spiro atoms. The molecule has 124 valence electrons. The molecule has 3 aromatic rings. The number of benzene rings is 1. The summed E-state index contributed by atoms with van der Waals surface area (Å²) in [6, 6.07) is 9.26. The largest absolute Gasteiger partial charge is 0.495 e. The van der Waals surface area contributed by atoms with Crippen LogP contribution in [-0.2, 0) is 0 Å². The second-order valence-corrected chi connectivity index (χ2v) is 5.89. The molecule has 0 atom stereocenters. The van der Waals surface area contributed by atoms with Crippen LogP contribution in [0, 0.1) is 6.92 Å². The lowest BCUT2D eigenvalue weighted by atomic mass is 10.1. The number of methoxy groups -OCH3 is 1. The van der Waals surface area contributed by atoms with E-state index in [0.29, 0.717) is 17.0 Å². The predicted octanol–water partition coefficient (Wildman–Crippen LogP) is 3.58. The second kappa shape index (κ2) is 6.31. The highest BCUT2D eigenvalue weighted by atomic mass is 16.5. The van der Waals surface area contributed by atoms with E-state index in [-0.39, 0.29) is 11.9 Å². The van der Waals surface area contributed by atoms with Gasteiger partial charge in [-0.15, -0.1) is 0 Å². The van der Waals surface area contributed by atoms with Crippen molar-refractivity contribution < 1.29 is 9.53 Å². The first-order valence-corrected chi connectivity index (χ1v) is 7.80. The summed E-state index contributed by atoms with van der Waals surface area (Å²) < 4.78 is 7.11. The molecule has 0 aliphatic heterocycles. The van der Waals surface area contributed by atoms with Gasteiger partial charge in [0, 0.05) is 11.7 Å². The Morgan fingerprint density at radius 1 is 1.29 bits per heavy atom. The normalized spacial score (nSPS) is 11.0. The van der Waals surface area contributed by atoms with Crippen molar-refractivity contribution in [3.05, 3.63) is 47.8 Å². The summed E-state index contributed by atoms with van der Waals surface area (Å²) >= 11 is 0. The lowest BCUT2D eigenvalue weighted by Crippen LogP contribution is -2.14. The van der Waals surface area contributed by atoms with Crippen LogP contribution in [0.3, 0.4) is 0 Å². The third kappa shape index (κ3) is 2.82. The molecule has 0 bridgehead atoms. The van der Waals surface area contributed by atoms with Gasteiger partial charge in [-0.2, -0.15) is 5.10 Å². The highest BCUT2D eigenvalue weighted by molar-refractivity contribution is 6.12. The Labute approximate surface area is 140 Å². The summed E-state index contributed by atoms with van der Waals surface area (Å²) in [5.41, 5.74) is 2.67. The fraction of sp³-hybridized carbons (Fsp3) is 0.278. The number of aromatic nitrogens is 3. The van der Waals surface area contributed by atoms with Gasteiger partial charge in [-0.05, 0) is 39.0 Å². The van der Waals surface area contributed by atoms with Crippen LogP contribution in [0.4, 0.5) is 5.69 Å². The van der Waals surface area contributed by atoms with Crippen molar-refractivity contribution in [3.8, 4) is 5.75 Å². The third-order valence-corrected chi connectivity index (χ3v) is 3.78. The number of anilines is 1. The fourth-order valence-corrected chi connectivity index (χ4v) is 2.65. The molecule has 1 aromatic carbocycles. The van der Waals surface area contributed by atoms with E-state index < -0.39 is 0 Å². The smallest absolute Gasteiger partial charge is 0.256 e. The zero-order chi connectivity index (χ0) is 17.3. The van der Waals surface area contributed by atoms with Crippen LogP contribution in [0.2, 0.25) is 0 Å². The minimum absolute atomic E-state index is 0.168. The summed E-state index contributed by atoms with van der Waals surface area (Å²) in [7, 11) is 1.58. The standard InChI is InChI=1S/C18H20N4O2/c1-11(2)22-17-14(10-19-22)13(9-12(3)20-17)18(23)21-15-7-5-6-8-16(15)24-4/h5-11H,1-4H3,(H,21,23). The molecule has 0 unspecified atom stereocenters. The number of nitrogens with zero attached hydrogens (tertiary/aromatic N) is 3. The number of carbonyl (C=O) groups excluding carboxylic acids is 1. The van der Waals surface area contributed by atoms with E-state index in [2.05, 4.69) is 15.4 Å². The zero-order valence-electron chi connectivity index (χ0n) is 14.2. The molecule has 2 heterocycles. The molecular formula is C18H20N4O2. The van der Waals surface area contributed by atoms with E-state index in [1.165, 1.54) is 0 Å². The lowest BCUT2D eigenvalue weighted by molar-refractivity contribution is 0.102. The van der Waals surface area contributed by atoms with E-state index in [1.807, 2.05) is 37.6 Å². The Kier molecular flexibility index (Phi) is 4.20. The first kappa shape index (κ1) is 16.0. The topological polar surface area (TPSA) is 69.0 Å². The highest BCUT2D eigenvalue weighted by Gasteiger charge is 2.17. The molecule has 0 radical (unpaired) electrons. The van der Waals surface area contributed by atoms with Gasteiger partial charge in [0.25, 0.3) is 5.91 Å². The molecule has 0 saturated carbocycles. The predicted molar refractivity (Wildman–Crippen MR) is 93.6 cm³/mol. The van der Waals surface area contributed by atoms with Crippen molar-refractivity contribution in [1.29, 1.82) is 0 Å². The number of hydrogen-bond donors (Lipinski definition) is 1. The number of hydrogen-bond acceptors (Lipinski definition) is 4. The summed E-state index contributed by atoms with van der Waals surface area (Å²) in [5, 5.41) is 8.01. The van der Waals surface area contributed by atoms with E-state index in [0.717, 1.165) is 16.7 Å². The third-order valence-electron chi connectivity index (χ3n) is 3.78. The van der Waals surface area contributed by atoms with Crippen molar-refractivity contribution in [2.75, 3.05) is 12.4 Å². The van der Waals surface area contributed by atoms with Crippen molar-refractivity contribution in [2.45, 2.75) is 26.8 Å². The Bertz CT molecular complexity index is 899. The maximum atomic E-state index is 12.8. The quantitative estimate of drug-likeness (QED) is 0.796. The molecule has 6 heteroatoms. The maximum absolute atomic E-state index is 12.8. The Morgan fingerprint density at radius 2 is 2.04 bits per heavy atom. The van der Waals surface area contributed by atoms with Crippen LogP contribution in [0.25, 0.3) is 11.0 Å². The van der Waals surface area contributed by atoms with E-state index in [1.54, 1.807) is 31.5 Å². The van der Waals surface area contributed by atoms with Gasteiger partial charge in [0.15, 0.2) is 5.65 Å². The van der Waals surface area contributed by atoms with Crippen molar-refractivity contribution >= 4 is 22.6 Å². The van der Waals surface area contributed by atoms with E-state index in [4.69, 9.17) is 4.74 Å². The first-order valence-electron chi connectivity index (χ1n) is 7.80. The average molecular weight is 324 g/mol. The summed E-state index contributed by atoms with van der Waals surface area (Å²) in [6.45, 7) is 5.94. The van der Waals surface area contributed by atoms with Crippen LogP contribution < -0.4 is 10.1 Å². The number of ether oxygens (including phenoxy) is 1. The highest BCUT2D eigenvalue weighted by Crippen LogP contribution is 2.26. The number of para-hydroxylation sites is 2. The molecule has 0 saturated heterocycles. The fourth-order valence-electron chi connectivity index (χ4n) is 2.65. The summed E-state index contributed by atoms with van der Waals surface area (Å²) in [4.78, 5) is 17.3. The van der Waals surface area contributed by atoms with Crippen molar-refractivity contribution in [3.63, 3.8) is 0 Å². The molecule has 0 aliphatic rings. The van der Waals surface area contributed by atoms with E-state index in [9.17, 15) is 4.79 Å². The Morgan fingerprint density at radius 3 is 2.75 bits per heavy atom. The van der Waals surface area contributed by atoms with Crippen LogP contribution in [0.5, 0.6) is 5.75 Å². The molecule has 6 nitrogen and oxygen atoms in total. The van der Waals surface area contributed by atoms with Gasteiger partial charge in [-0.3, -0.25) is 4.79 Å². The molecule has 1 N–H and O–H groups in total. The molecule has 2 aromatic heterocycles. The van der Waals surface area contributed by atoms with Gasteiger partial charge in [-0.25, -0.2) is 9.67 Å². The number of pyridine rings is 1. The number of carbonyl (C=O) groups is 1. The number of fused-ring (bicyclic) bond motifs is 1. The Hall–Kier alpha value is -2.89. The van der Waals surface area contributed by atoms with Crippen molar-refractivity contribution in [1.82, 2.24) is 14.8 Å². The molecule has 0 fully saturated rings. The van der Waals surface area contributed by atoms with Gasteiger partial charge in [0.2, 0.25) is 0 Å². The molecular weight excluding hydrogens is 304 g/mol. The van der Waals surface area contributed by atoms with Gasteiger partial charge >= 0.3 is 0 Å². The monoisotopic (exact) mass is 324 g/mol. The van der Waals surface area contributed by atoms with Gasteiger partial charge in [-0.1, -0.05) is 12.1 Å². The molecule has 0 aliphatic carbocycles. The van der Waals surface area contributed by atoms with Gasteiger partial charge in [0.1, 0.15) is 5.75 Å². The maximum Gasteiger partial charge on any atom is 0.256 e. The van der Waals surface area contributed by atoms with Crippen LogP contribution >= 0.6 is 0 Å². The number of nitrogens with one attached hydrogen (secondary N) is 1. The van der Waals surface area contributed by atoms with Crippen LogP contribution in [-0.4, -0.2) is 27.8 Å². The lowest BCUT2D eigenvalue weighted by Gasteiger charge is -2.11. The van der Waals surface area contributed by atoms with Gasteiger partial charge < -0.3 is 10.1 Å². The zero-order valence-corrected chi connectivity index (χ0v) is 14.2. The van der Waals surface area contributed by atoms with Crippen LogP contribution in [0.1, 0.15) is 35.9 Å². The molecule has 1 amide bonds. The number of aryl methyl sites for hydroxylation is 1. The SMILES string of the molecule is COc1ccccc1NC(=O)c1cc(C)nc2c1cnn2C(C)C. The second-order valence-electron chi connectivity index (χ2n) is 5.89. The van der Waals surface area contributed by atoms with Gasteiger partial charge in [0.05, 0.1) is 29.9 Å². The van der Waals surface area contributed by atoms with Crippen molar-refractivity contribution in [2.24, 2.45) is 0 Å².